The summed E-state index contributed by atoms with van der Waals surface area (Å²) in [5.41, 5.74) is 1.26. The van der Waals surface area contributed by atoms with Gasteiger partial charge in [-0.05, 0) is 42.9 Å². The normalized spacial score (nSPS) is 23.0. The lowest BCUT2D eigenvalue weighted by Crippen LogP contribution is -2.56. The monoisotopic (exact) mass is 353 g/mol. The molecule has 4 nitrogen and oxygen atoms in total. The van der Waals surface area contributed by atoms with Gasteiger partial charge in [0.1, 0.15) is 0 Å². The van der Waals surface area contributed by atoms with Crippen LogP contribution in [0, 0.1) is 11.7 Å². The van der Waals surface area contributed by atoms with Crippen LogP contribution in [0.1, 0.15) is 24.8 Å². The molecule has 0 saturated carbocycles. The van der Waals surface area contributed by atoms with Crippen LogP contribution in [0.2, 0.25) is 0 Å². The topological polar surface area (TPSA) is 36.4 Å². The van der Waals surface area contributed by atoms with E-state index in [9.17, 15) is 9.18 Å². The molecule has 2 aliphatic rings. The lowest BCUT2D eigenvalue weighted by Gasteiger charge is -2.47. The van der Waals surface area contributed by atoms with Gasteiger partial charge in [-0.25, -0.2) is 9.37 Å². The fraction of sp³-hybridized carbons (Fsp3) is 0.429. The van der Waals surface area contributed by atoms with Crippen LogP contribution in [-0.2, 0) is 11.2 Å². The average Bonchev–Trinajstić information content (AvgIpc) is 2.68. The van der Waals surface area contributed by atoms with E-state index in [2.05, 4.69) is 22.0 Å². The molecule has 0 radical (unpaired) electrons. The molecule has 2 fully saturated rings. The van der Waals surface area contributed by atoms with Crippen molar-refractivity contribution in [3.05, 3.63) is 60.0 Å². The molecule has 0 spiro atoms. The molecule has 4 rings (SSSR count). The van der Waals surface area contributed by atoms with Crippen molar-refractivity contribution >= 4 is 11.7 Å². The maximum atomic E-state index is 14.1. The standard InChI is InChI=1S/C21H24FN3O/c22-18-7-4-12-23-21(18)24-13-11-19-17(15-24)8-9-20(26)25(19)14-10-16-5-2-1-3-6-16/h1-7,12,17,19H,8-11,13-15H2/t17-,19+/m1/s1. The Hall–Kier alpha value is -2.43. The van der Waals surface area contributed by atoms with Gasteiger partial charge in [0, 0.05) is 38.3 Å². The molecule has 5 heteroatoms. The van der Waals surface area contributed by atoms with E-state index in [-0.39, 0.29) is 17.8 Å². The number of likely N-dealkylation sites (tertiary alicyclic amines) is 1. The Morgan fingerprint density at radius 1 is 1.12 bits per heavy atom. The average molecular weight is 353 g/mol. The number of benzene rings is 1. The van der Waals surface area contributed by atoms with Gasteiger partial charge in [0.25, 0.3) is 0 Å². The van der Waals surface area contributed by atoms with Gasteiger partial charge in [-0.1, -0.05) is 30.3 Å². The number of anilines is 1. The fourth-order valence-corrected chi connectivity index (χ4v) is 4.34. The molecular weight excluding hydrogens is 329 g/mol. The highest BCUT2D eigenvalue weighted by atomic mass is 19.1. The summed E-state index contributed by atoms with van der Waals surface area (Å²) in [6.07, 6.45) is 4.88. The van der Waals surface area contributed by atoms with E-state index in [1.165, 1.54) is 11.6 Å². The van der Waals surface area contributed by atoms with Gasteiger partial charge in [-0.2, -0.15) is 0 Å². The second-order valence-electron chi connectivity index (χ2n) is 7.23. The SMILES string of the molecule is O=C1CC[C@@H]2CN(c3ncccc3F)CC[C@@H]2N1CCc1ccccc1. The molecule has 0 aliphatic carbocycles. The van der Waals surface area contributed by atoms with Crippen molar-refractivity contribution in [1.82, 2.24) is 9.88 Å². The minimum Gasteiger partial charge on any atom is -0.354 e. The van der Waals surface area contributed by atoms with Crippen LogP contribution >= 0.6 is 0 Å². The molecule has 0 bridgehead atoms. The van der Waals surface area contributed by atoms with Crippen molar-refractivity contribution in [2.24, 2.45) is 5.92 Å². The van der Waals surface area contributed by atoms with Crippen molar-refractivity contribution < 1.29 is 9.18 Å². The molecule has 136 valence electrons. The van der Waals surface area contributed by atoms with Gasteiger partial charge in [0.15, 0.2) is 11.6 Å². The summed E-state index contributed by atoms with van der Waals surface area (Å²) < 4.78 is 14.1. The largest absolute Gasteiger partial charge is 0.354 e. The first-order valence-electron chi connectivity index (χ1n) is 9.41. The van der Waals surface area contributed by atoms with Crippen molar-refractivity contribution in [3.63, 3.8) is 0 Å². The van der Waals surface area contributed by atoms with Crippen molar-refractivity contribution in [3.8, 4) is 0 Å². The van der Waals surface area contributed by atoms with Crippen molar-refractivity contribution in [1.29, 1.82) is 0 Å². The second-order valence-corrected chi connectivity index (χ2v) is 7.23. The molecular formula is C21H24FN3O. The summed E-state index contributed by atoms with van der Waals surface area (Å²) in [5.74, 6) is 0.829. The summed E-state index contributed by atoms with van der Waals surface area (Å²) in [6.45, 7) is 2.28. The number of piperidine rings is 2. The lowest BCUT2D eigenvalue weighted by atomic mass is 9.83. The van der Waals surface area contributed by atoms with Crippen molar-refractivity contribution in [2.75, 3.05) is 24.5 Å². The first-order chi connectivity index (χ1) is 12.7. The Morgan fingerprint density at radius 2 is 1.96 bits per heavy atom. The number of halogens is 1. The summed E-state index contributed by atoms with van der Waals surface area (Å²) in [6, 6.07) is 13.7. The van der Waals surface area contributed by atoms with E-state index in [1.807, 2.05) is 23.1 Å². The molecule has 2 saturated heterocycles. The highest BCUT2D eigenvalue weighted by Gasteiger charge is 2.39. The minimum absolute atomic E-state index is 0.264. The Bertz CT molecular complexity index is 767. The summed E-state index contributed by atoms with van der Waals surface area (Å²) in [5, 5.41) is 0. The fourth-order valence-electron chi connectivity index (χ4n) is 4.34. The van der Waals surface area contributed by atoms with Crippen LogP contribution in [0.3, 0.4) is 0 Å². The maximum absolute atomic E-state index is 14.1. The van der Waals surface area contributed by atoms with Crippen LogP contribution in [0.25, 0.3) is 0 Å². The Kier molecular flexibility index (Phi) is 4.87. The number of pyridine rings is 1. The van der Waals surface area contributed by atoms with Crippen LogP contribution in [0.5, 0.6) is 0 Å². The third kappa shape index (κ3) is 3.43. The Balaban J connectivity index is 1.44. The predicted octanol–water partition coefficient (Wildman–Crippen LogP) is 3.28. The molecule has 1 aromatic carbocycles. The molecule has 2 atom stereocenters. The lowest BCUT2D eigenvalue weighted by molar-refractivity contribution is -0.139. The van der Waals surface area contributed by atoms with E-state index in [0.29, 0.717) is 18.2 Å². The number of amides is 1. The third-order valence-corrected chi connectivity index (χ3v) is 5.67. The van der Waals surface area contributed by atoms with E-state index in [0.717, 1.165) is 38.9 Å². The van der Waals surface area contributed by atoms with Gasteiger partial charge >= 0.3 is 0 Å². The van der Waals surface area contributed by atoms with Crippen LogP contribution in [0.4, 0.5) is 10.2 Å². The highest BCUT2D eigenvalue weighted by molar-refractivity contribution is 5.77. The molecule has 0 N–H and O–H groups in total. The minimum atomic E-state index is -0.265. The second kappa shape index (κ2) is 7.44. The van der Waals surface area contributed by atoms with Crippen LogP contribution in [-0.4, -0.2) is 41.5 Å². The predicted molar refractivity (Wildman–Crippen MR) is 99.4 cm³/mol. The first kappa shape index (κ1) is 17.0. The molecule has 3 heterocycles. The number of hydrogen-bond acceptors (Lipinski definition) is 3. The van der Waals surface area contributed by atoms with E-state index < -0.39 is 0 Å². The zero-order valence-electron chi connectivity index (χ0n) is 14.9. The van der Waals surface area contributed by atoms with Crippen molar-refractivity contribution in [2.45, 2.75) is 31.7 Å². The number of fused-ring (bicyclic) bond motifs is 1. The zero-order valence-corrected chi connectivity index (χ0v) is 14.9. The maximum Gasteiger partial charge on any atom is 0.222 e. The van der Waals surface area contributed by atoms with Crippen LogP contribution in [0.15, 0.2) is 48.7 Å². The summed E-state index contributed by atoms with van der Waals surface area (Å²) >= 11 is 0. The number of carbonyl (C=O) groups is 1. The van der Waals surface area contributed by atoms with Gasteiger partial charge < -0.3 is 9.80 Å². The van der Waals surface area contributed by atoms with Crippen LogP contribution < -0.4 is 4.90 Å². The number of nitrogens with zero attached hydrogens (tertiary/aromatic N) is 3. The number of aromatic nitrogens is 1. The van der Waals surface area contributed by atoms with E-state index in [1.54, 1.807) is 12.3 Å². The smallest absolute Gasteiger partial charge is 0.222 e. The molecule has 2 aromatic rings. The first-order valence-corrected chi connectivity index (χ1v) is 9.41. The third-order valence-electron chi connectivity index (χ3n) is 5.67. The Morgan fingerprint density at radius 3 is 2.77 bits per heavy atom. The van der Waals surface area contributed by atoms with Gasteiger partial charge in [0.05, 0.1) is 0 Å². The van der Waals surface area contributed by atoms with E-state index in [4.69, 9.17) is 0 Å². The number of hydrogen-bond donors (Lipinski definition) is 0. The molecule has 26 heavy (non-hydrogen) atoms. The van der Waals surface area contributed by atoms with E-state index >= 15 is 0 Å². The summed E-state index contributed by atoms with van der Waals surface area (Å²) in [7, 11) is 0. The molecule has 0 unspecified atom stereocenters. The summed E-state index contributed by atoms with van der Waals surface area (Å²) in [4.78, 5) is 20.9. The number of carbonyl (C=O) groups excluding carboxylic acids is 1. The molecule has 1 aromatic heterocycles. The van der Waals surface area contributed by atoms with Gasteiger partial charge in [-0.3, -0.25) is 4.79 Å². The molecule has 1 amide bonds. The Labute approximate surface area is 153 Å². The zero-order chi connectivity index (χ0) is 17.9. The molecule has 2 aliphatic heterocycles. The highest BCUT2D eigenvalue weighted by Crippen LogP contribution is 2.33. The quantitative estimate of drug-likeness (QED) is 0.846. The number of rotatable bonds is 4. The van der Waals surface area contributed by atoms with Gasteiger partial charge in [0.2, 0.25) is 5.91 Å². The van der Waals surface area contributed by atoms with Gasteiger partial charge in [-0.15, -0.1) is 0 Å².